The van der Waals surface area contributed by atoms with Gasteiger partial charge in [0.2, 0.25) is 0 Å². The third kappa shape index (κ3) is 4.86. The summed E-state index contributed by atoms with van der Waals surface area (Å²) in [5, 5.41) is 27.9. The Hall–Kier alpha value is -4.55. The van der Waals surface area contributed by atoms with E-state index in [1.165, 1.54) is 24.5 Å². The third-order valence-electron chi connectivity index (χ3n) is 6.31. The molecule has 3 aromatic carbocycles. The number of benzene rings is 3. The van der Waals surface area contributed by atoms with Crippen LogP contribution in [0.2, 0.25) is 5.02 Å². The molecule has 3 N–H and O–H groups in total. The predicted molar refractivity (Wildman–Crippen MR) is 143 cm³/mol. The molecule has 2 atom stereocenters. The van der Waals surface area contributed by atoms with Crippen molar-refractivity contribution in [1.29, 1.82) is 5.26 Å². The van der Waals surface area contributed by atoms with E-state index < -0.39 is 17.7 Å². The molecule has 0 unspecified atom stereocenters. The van der Waals surface area contributed by atoms with Crippen molar-refractivity contribution < 1.29 is 8.78 Å². The number of H-pyrrole nitrogens is 1. The van der Waals surface area contributed by atoms with Crippen molar-refractivity contribution >= 4 is 33.9 Å². The number of aromatic nitrogens is 4. The van der Waals surface area contributed by atoms with Crippen LogP contribution >= 0.6 is 11.6 Å². The predicted octanol–water partition coefficient (Wildman–Crippen LogP) is 6.92. The molecule has 2 aromatic heterocycles. The van der Waals surface area contributed by atoms with Crippen molar-refractivity contribution in [3.8, 4) is 6.07 Å². The summed E-state index contributed by atoms with van der Waals surface area (Å²) in [6.45, 7) is 2.05. The average Bonchev–Trinajstić information content (AvgIpc) is 3.47. The molecule has 0 fully saturated rings. The monoisotopic (exact) mass is 529 g/mol. The summed E-state index contributed by atoms with van der Waals surface area (Å²) in [6.07, 6.45) is 3.74. The highest BCUT2D eigenvalue weighted by Gasteiger charge is 2.24. The summed E-state index contributed by atoms with van der Waals surface area (Å²) in [4.78, 5) is 4.53. The molecule has 0 amide bonds. The maximum absolute atomic E-state index is 14.9. The van der Waals surface area contributed by atoms with Crippen LogP contribution < -0.4 is 10.6 Å². The lowest BCUT2D eigenvalue weighted by Crippen LogP contribution is -2.16. The Kier molecular flexibility index (Phi) is 7.15. The highest BCUT2D eigenvalue weighted by atomic mass is 35.5. The van der Waals surface area contributed by atoms with E-state index in [0.29, 0.717) is 38.6 Å². The zero-order valence-corrected chi connectivity index (χ0v) is 21.0. The van der Waals surface area contributed by atoms with Gasteiger partial charge in [-0.3, -0.25) is 10.1 Å². The molecule has 38 heavy (non-hydrogen) atoms. The fourth-order valence-electron chi connectivity index (χ4n) is 4.46. The first kappa shape index (κ1) is 25.1. The molecule has 10 heteroatoms. The summed E-state index contributed by atoms with van der Waals surface area (Å²) < 4.78 is 29.0. The number of hydrogen-bond donors (Lipinski definition) is 3. The molecule has 0 aliphatic heterocycles. The first-order valence-electron chi connectivity index (χ1n) is 11.9. The summed E-state index contributed by atoms with van der Waals surface area (Å²) in [7, 11) is 0. The van der Waals surface area contributed by atoms with Crippen molar-refractivity contribution in [2.45, 2.75) is 25.4 Å². The molecule has 7 nitrogen and oxygen atoms in total. The number of anilines is 2. The van der Waals surface area contributed by atoms with E-state index >= 15 is 0 Å². The van der Waals surface area contributed by atoms with Gasteiger partial charge in [-0.1, -0.05) is 66.2 Å². The lowest BCUT2D eigenvalue weighted by molar-refractivity contribution is 0.496. The standard InChI is InChI=1S/C28H22ClF2N7/c1-2-22(16-7-4-3-5-8-16)35-26-17(13-32)14-33-27-20(26)11-18(29)12-23(27)36-28(24-15-34-38-37-24)19-9-6-10-21(30)25(19)31/h3-12,14-15,22,28,36H,2H2,1H3,(H,33,35)(H,34,37,38)/t22-,28+/m1/s1. The lowest BCUT2D eigenvalue weighted by Gasteiger charge is -2.23. The van der Waals surface area contributed by atoms with E-state index in [1.54, 1.807) is 12.1 Å². The van der Waals surface area contributed by atoms with Crippen LogP contribution in [0.4, 0.5) is 20.2 Å². The van der Waals surface area contributed by atoms with Gasteiger partial charge in [0.15, 0.2) is 11.6 Å². The van der Waals surface area contributed by atoms with Gasteiger partial charge in [0.25, 0.3) is 0 Å². The van der Waals surface area contributed by atoms with Gasteiger partial charge >= 0.3 is 0 Å². The Bertz CT molecular complexity index is 1620. The Balaban J connectivity index is 1.64. The Morgan fingerprint density at radius 1 is 1.08 bits per heavy atom. The van der Waals surface area contributed by atoms with Crippen LogP contribution in [0.5, 0.6) is 0 Å². The zero-order valence-electron chi connectivity index (χ0n) is 20.2. The SMILES string of the molecule is CC[C@@H](Nc1c(C#N)cnc2c(N[C@H](c3c[nH]nn3)c3cccc(F)c3F)cc(Cl)cc12)c1ccccc1. The molecule has 2 heterocycles. The maximum atomic E-state index is 14.9. The van der Waals surface area contributed by atoms with Crippen molar-refractivity contribution in [1.82, 2.24) is 20.4 Å². The first-order chi connectivity index (χ1) is 18.5. The van der Waals surface area contributed by atoms with Crippen molar-refractivity contribution in [3.63, 3.8) is 0 Å². The summed E-state index contributed by atoms with van der Waals surface area (Å²) in [5.74, 6) is -1.99. The number of hydrogen-bond acceptors (Lipinski definition) is 6. The molecule has 190 valence electrons. The molecule has 0 aliphatic carbocycles. The molecule has 0 spiro atoms. The Labute approximate surface area is 222 Å². The molecule has 5 aromatic rings. The molecule has 0 saturated carbocycles. The normalized spacial score (nSPS) is 12.6. The van der Waals surface area contributed by atoms with Gasteiger partial charge in [0, 0.05) is 28.4 Å². The maximum Gasteiger partial charge on any atom is 0.164 e. The van der Waals surface area contributed by atoms with Gasteiger partial charge < -0.3 is 10.6 Å². The zero-order chi connectivity index (χ0) is 26.6. The van der Waals surface area contributed by atoms with E-state index in [2.05, 4.69) is 44.0 Å². The molecule has 0 saturated heterocycles. The number of fused-ring (bicyclic) bond motifs is 1. The quantitative estimate of drug-likeness (QED) is 0.201. The fourth-order valence-corrected chi connectivity index (χ4v) is 4.68. The van der Waals surface area contributed by atoms with E-state index in [0.717, 1.165) is 18.1 Å². The number of halogens is 3. The summed E-state index contributed by atoms with van der Waals surface area (Å²) in [6, 6.07) is 18.4. The molecule has 0 aliphatic rings. The van der Waals surface area contributed by atoms with Crippen LogP contribution in [-0.2, 0) is 0 Å². The van der Waals surface area contributed by atoms with Gasteiger partial charge in [0.1, 0.15) is 17.8 Å². The third-order valence-corrected chi connectivity index (χ3v) is 6.53. The van der Waals surface area contributed by atoms with Crippen LogP contribution in [0.1, 0.15) is 47.8 Å². The highest BCUT2D eigenvalue weighted by molar-refractivity contribution is 6.32. The van der Waals surface area contributed by atoms with Crippen LogP contribution in [-0.4, -0.2) is 20.4 Å². The van der Waals surface area contributed by atoms with E-state index in [9.17, 15) is 14.0 Å². The first-order valence-corrected chi connectivity index (χ1v) is 12.3. The number of nitriles is 1. The number of nitrogens with one attached hydrogen (secondary N) is 3. The van der Waals surface area contributed by atoms with Crippen LogP contribution in [0.15, 0.2) is 73.1 Å². The van der Waals surface area contributed by atoms with Gasteiger partial charge in [0.05, 0.1) is 28.5 Å². The summed E-state index contributed by atoms with van der Waals surface area (Å²) in [5.41, 5.74) is 3.31. The van der Waals surface area contributed by atoms with Gasteiger partial charge in [-0.15, -0.1) is 5.10 Å². The highest BCUT2D eigenvalue weighted by Crippen LogP contribution is 2.38. The molecule has 0 bridgehead atoms. The van der Waals surface area contributed by atoms with Crippen LogP contribution in [0.25, 0.3) is 10.9 Å². The second kappa shape index (κ2) is 10.8. The number of pyridine rings is 1. The number of nitrogens with zero attached hydrogens (tertiary/aromatic N) is 4. The van der Waals surface area contributed by atoms with Crippen LogP contribution in [0, 0.1) is 23.0 Å². The topological polar surface area (TPSA) is 102 Å². The molecule has 5 rings (SSSR count). The Morgan fingerprint density at radius 3 is 2.61 bits per heavy atom. The summed E-state index contributed by atoms with van der Waals surface area (Å²) >= 11 is 6.54. The minimum atomic E-state index is -1.00. The van der Waals surface area contributed by atoms with Crippen molar-refractivity contribution in [2.75, 3.05) is 10.6 Å². The average molecular weight is 530 g/mol. The minimum absolute atomic E-state index is 0.0362. The van der Waals surface area contributed by atoms with Crippen LogP contribution in [0.3, 0.4) is 0 Å². The smallest absolute Gasteiger partial charge is 0.164 e. The molecule has 0 radical (unpaired) electrons. The van der Waals surface area contributed by atoms with E-state index in [-0.39, 0.29) is 11.6 Å². The van der Waals surface area contributed by atoms with Crippen molar-refractivity contribution in [3.05, 3.63) is 112 Å². The second-order valence-electron chi connectivity index (χ2n) is 8.64. The number of rotatable bonds is 8. The van der Waals surface area contributed by atoms with Gasteiger partial charge in [-0.2, -0.15) is 5.26 Å². The molecular weight excluding hydrogens is 508 g/mol. The molecular formula is C28H22ClF2N7. The minimum Gasteiger partial charge on any atom is -0.377 e. The second-order valence-corrected chi connectivity index (χ2v) is 9.08. The van der Waals surface area contributed by atoms with Gasteiger partial charge in [-0.05, 0) is 30.2 Å². The Morgan fingerprint density at radius 2 is 1.89 bits per heavy atom. The van der Waals surface area contributed by atoms with E-state index in [4.69, 9.17) is 11.6 Å². The van der Waals surface area contributed by atoms with Gasteiger partial charge in [-0.25, -0.2) is 8.78 Å². The largest absolute Gasteiger partial charge is 0.377 e. The number of aromatic amines is 1. The van der Waals surface area contributed by atoms with Crippen molar-refractivity contribution in [2.24, 2.45) is 0 Å². The lowest BCUT2D eigenvalue weighted by atomic mass is 10.0. The van der Waals surface area contributed by atoms with E-state index in [1.807, 2.05) is 30.3 Å². The fraction of sp³-hybridized carbons (Fsp3) is 0.143.